The fourth-order valence-corrected chi connectivity index (χ4v) is 5.12. The van der Waals surface area contributed by atoms with E-state index in [1.165, 1.54) is 0 Å². The Morgan fingerprint density at radius 1 is 1.14 bits per heavy atom. The van der Waals surface area contributed by atoms with E-state index in [2.05, 4.69) is 0 Å². The van der Waals surface area contributed by atoms with Crippen LogP contribution in [-0.2, 0) is 4.74 Å². The van der Waals surface area contributed by atoms with Gasteiger partial charge in [-0.1, -0.05) is 13.8 Å². The lowest BCUT2D eigenvalue weighted by Crippen LogP contribution is -2.67. The third-order valence-corrected chi connectivity index (χ3v) is 6.09. The van der Waals surface area contributed by atoms with E-state index >= 15 is 0 Å². The molecule has 4 saturated carbocycles. The van der Waals surface area contributed by atoms with Gasteiger partial charge in [-0.25, -0.2) is 0 Å². The number of rotatable bonds is 5. The monoisotopic (exact) mass is 300 g/mol. The molecule has 0 heterocycles. The lowest BCUT2D eigenvalue weighted by molar-refractivity contribution is -0.320. The van der Waals surface area contributed by atoms with Crippen LogP contribution in [0.15, 0.2) is 0 Å². The summed E-state index contributed by atoms with van der Waals surface area (Å²) in [5.74, 6) is 0.255. The maximum atomic E-state index is 10.7. The summed E-state index contributed by atoms with van der Waals surface area (Å²) in [5, 5.41) is 41.4. The molecule has 4 unspecified atom stereocenters. The number of ether oxygens (including phenoxy) is 1. The zero-order valence-electron chi connectivity index (χ0n) is 13.0. The number of hydrogen-bond acceptors (Lipinski definition) is 5. The Kier molecular flexibility index (Phi) is 3.47. The van der Waals surface area contributed by atoms with E-state index in [0.717, 1.165) is 19.3 Å². The van der Waals surface area contributed by atoms with Crippen molar-refractivity contribution in [1.82, 2.24) is 0 Å². The van der Waals surface area contributed by atoms with Crippen molar-refractivity contribution in [1.29, 1.82) is 0 Å². The maximum Gasteiger partial charge on any atom is 0.162 e. The molecule has 0 aliphatic heterocycles. The smallest absolute Gasteiger partial charge is 0.162 e. The van der Waals surface area contributed by atoms with Crippen LogP contribution in [0.1, 0.15) is 58.8 Å². The highest BCUT2D eigenvalue weighted by atomic mass is 16.6. The second kappa shape index (κ2) is 4.65. The van der Waals surface area contributed by atoms with Gasteiger partial charge in [0, 0.05) is 24.7 Å². The SMILES string of the molecule is CCC(C)(CO)C(O)OC12CC3CC(O)(CC(O)(C3)C1)C2. The largest absolute Gasteiger partial charge is 0.396 e. The Morgan fingerprint density at radius 3 is 2.14 bits per heavy atom. The quantitative estimate of drug-likeness (QED) is 0.567. The van der Waals surface area contributed by atoms with Crippen molar-refractivity contribution in [3.05, 3.63) is 0 Å². The predicted molar refractivity (Wildman–Crippen MR) is 76.4 cm³/mol. The lowest BCUT2D eigenvalue weighted by Gasteiger charge is -2.63. The molecule has 4 bridgehead atoms. The van der Waals surface area contributed by atoms with Gasteiger partial charge >= 0.3 is 0 Å². The Hall–Kier alpha value is -0.200. The van der Waals surface area contributed by atoms with Crippen LogP contribution in [-0.4, -0.2) is 50.1 Å². The molecule has 21 heavy (non-hydrogen) atoms. The molecule has 122 valence electrons. The molecule has 4 rings (SSSR count). The minimum absolute atomic E-state index is 0.154. The van der Waals surface area contributed by atoms with E-state index in [1.807, 2.05) is 6.92 Å². The molecule has 4 fully saturated rings. The molecule has 5 heteroatoms. The fourth-order valence-electron chi connectivity index (χ4n) is 5.12. The normalized spacial score (nSPS) is 49.1. The molecular formula is C16H28O5. The Bertz CT molecular complexity index is 401. The van der Waals surface area contributed by atoms with Gasteiger partial charge in [0.2, 0.25) is 0 Å². The molecule has 0 aromatic rings. The predicted octanol–water partition coefficient (Wildman–Crippen LogP) is 0.929. The highest BCUT2D eigenvalue weighted by Gasteiger charge is 2.64. The molecule has 0 aromatic heterocycles. The van der Waals surface area contributed by atoms with Gasteiger partial charge in [-0.05, 0) is 31.6 Å². The van der Waals surface area contributed by atoms with Gasteiger partial charge in [-0.2, -0.15) is 0 Å². The average Bonchev–Trinajstić information content (AvgIpc) is 2.32. The molecule has 4 aliphatic rings. The van der Waals surface area contributed by atoms with Gasteiger partial charge in [0.05, 0.1) is 23.4 Å². The van der Waals surface area contributed by atoms with Crippen LogP contribution in [0.3, 0.4) is 0 Å². The molecule has 0 saturated heterocycles. The van der Waals surface area contributed by atoms with Crippen LogP contribution in [0, 0.1) is 11.3 Å². The summed E-state index contributed by atoms with van der Waals surface area (Å²) in [6.07, 6.45) is 3.10. The third-order valence-electron chi connectivity index (χ3n) is 6.09. The second-order valence-electron chi connectivity index (χ2n) is 8.28. The van der Waals surface area contributed by atoms with Crippen molar-refractivity contribution < 1.29 is 25.2 Å². The summed E-state index contributed by atoms with van der Waals surface area (Å²) >= 11 is 0. The van der Waals surface area contributed by atoms with Gasteiger partial charge in [0.15, 0.2) is 6.29 Å². The van der Waals surface area contributed by atoms with Gasteiger partial charge in [-0.3, -0.25) is 0 Å². The molecule has 5 nitrogen and oxygen atoms in total. The second-order valence-corrected chi connectivity index (χ2v) is 8.28. The lowest BCUT2D eigenvalue weighted by atomic mass is 9.50. The Labute approximate surface area is 125 Å². The van der Waals surface area contributed by atoms with Crippen LogP contribution in [0.4, 0.5) is 0 Å². The van der Waals surface area contributed by atoms with E-state index in [4.69, 9.17) is 4.74 Å². The van der Waals surface area contributed by atoms with Crippen molar-refractivity contribution in [2.45, 2.75) is 81.9 Å². The molecule has 4 aliphatic carbocycles. The summed E-state index contributed by atoms with van der Waals surface area (Å²) in [7, 11) is 0. The zero-order chi connectivity index (χ0) is 15.5. The molecule has 0 aromatic carbocycles. The fraction of sp³-hybridized carbons (Fsp3) is 1.00. The van der Waals surface area contributed by atoms with Crippen molar-refractivity contribution in [3.8, 4) is 0 Å². The van der Waals surface area contributed by atoms with Crippen molar-refractivity contribution in [2.75, 3.05) is 6.61 Å². The van der Waals surface area contributed by atoms with E-state index < -0.39 is 28.5 Å². The van der Waals surface area contributed by atoms with Crippen molar-refractivity contribution in [3.63, 3.8) is 0 Å². The van der Waals surface area contributed by atoms with Crippen LogP contribution >= 0.6 is 0 Å². The summed E-state index contributed by atoms with van der Waals surface area (Å²) in [6.45, 7) is 3.55. The van der Waals surface area contributed by atoms with Gasteiger partial charge < -0.3 is 25.2 Å². The summed E-state index contributed by atoms with van der Waals surface area (Å²) in [6, 6.07) is 0. The maximum absolute atomic E-state index is 10.7. The van der Waals surface area contributed by atoms with E-state index in [1.54, 1.807) is 6.92 Å². The number of hydrogen-bond donors (Lipinski definition) is 4. The van der Waals surface area contributed by atoms with Crippen LogP contribution in [0.2, 0.25) is 0 Å². The summed E-state index contributed by atoms with van der Waals surface area (Å²) in [4.78, 5) is 0. The number of aliphatic hydroxyl groups excluding tert-OH is 2. The molecular weight excluding hydrogens is 272 g/mol. The van der Waals surface area contributed by atoms with E-state index in [9.17, 15) is 20.4 Å². The molecule has 0 amide bonds. The first kappa shape index (κ1) is 15.7. The van der Waals surface area contributed by atoms with E-state index in [0.29, 0.717) is 25.7 Å². The van der Waals surface area contributed by atoms with Crippen LogP contribution in [0.25, 0.3) is 0 Å². The van der Waals surface area contributed by atoms with Crippen LogP contribution < -0.4 is 0 Å². The minimum atomic E-state index is -1.09. The van der Waals surface area contributed by atoms with Gasteiger partial charge in [0.1, 0.15) is 0 Å². The minimum Gasteiger partial charge on any atom is -0.396 e. The molecule has 4 N–H and O–H groups in total. The highest BCUT2D eigenvalue weighted by molar-refractivity contribution is 5.16. The summed E-state index contributed by atoms with van der Waals surface area (Å²) < 4.78 is 6.00. The Balaban J connectivity index is 1.82. The summed E-state index contributed by atoms with van der Waals surface area (Å²) in [5.41, 5.74) is -3.10. The molecule has 4 atom stereocenters. The van der Waals surface area contributed by atoms with E-state index in [-0.39, 0.29) is 12.5 Å². The average molecular weight is 300 g/mol. The van der Waals surface area contributed by atoms with Gasteiger partial charge in [0.25, 0.3) is 0 Å². The van der Waals surface area contributed by atoms with Crippen molar-refractivity contribution in [2.24, 2.45) is 11.3 Å². The first-order valence-electron chi connectivity index (χ1n) is 8.07. The topological polar surface area (TPSA) is 90.2 Å². The number of aliphatic hydroxyl groups is 4. The zero-order valence-corrected chi connectivity index (χ0v) is 13.0. The standard InChI is InChI=1S/C16H28O5/c1-3-13(2,10-17)12(18)21-16-6-11-4-14(19,8-16)7-15(20,5-11)9-16/h11-12,17-20H,3-10H2,1-2H3. The first-order valence-corrected chi connectivity index (χ1v) is 8.07. The molecule has 0 radical (unpaired) electrons. The Morgan fingerprint density at radius 2 is 1.71 bits per heavy atom. The van der Waals surface area contributed by atoms with Gasteiger partial charge in [-0.15, -0.1) is 0 Å². The highest BCUT2D eigenvalue weighted by Crippen LogP contribution is 2.61. The van der Waals surface area contributed by atoms with Crippen LogP contribution in [0.5, 0.6) is 0 Å². The first-order chi connectivity index (χ1) is 9.66. The molecule has 0 spiro atoms. The van der Waals surface area contributed by atoms with Crippen molar-refractivity contribution >= 4 is 0 Å². The third kappa shape index (κ3) is 2.53.